The minimum absolute atomic E-state index is 0.0193. The first kappa shape index (κ1) is 77.0. The van der Waals surface area contributed by atoms with Crippen molar-refractivity contribution in [1.29, 1.82) is 0 Å². The summed E-state index contributed by atoms with van der Waals surface area (Å²) in [5.41, 5.74) is 18.0. The van der Waals surface area contributed by atoms with E-state index < -0.39 is 0 Å². The third-order valence-corrected chi connectivity index (χ3v) is 17.6. The molecule has 0 radical (unpaired) electrons. The van der Waals surface area contributed by atoms with E-state index in [4.69, 9.17) is 9.47 Å². The highest BCUT2D eigenvalue weighted by atomic mass is 16.5. The Morgan fingerprint density at radius 2 is 0.646 bits per heavy atom. The number of ether oxygens (including phenoxy) is 2. The van der Waals surface area contributed by atoms with Crippen molar-refractivity contribution in [3.05, 3.63) is 148 Å². The number of hydrogen-bond acceptors (Lipinski definition) is 11. The number of unbranched alkanes of at least 4 members (excludes halogenated alkanes) is 1. The van der Waals surface area contributed by atoms with E-state index in [-0.39, 0.29) is 96.8 Å². The van der Waals surface area contributed by atoms with Crippen LogP contribution in [-0.4, -0.2) is 99.1 Å². The summed E-state index contributed by atoms with van der Waals surface area (Å²) >= 11 is 0. The van der Waals surface area contributed by atoms with E-state index in [1.54, 1.807) is 0 Å². The van der Waals surface area contributed by atoms with Gasteiger partial charge in [0.1, 0.15) is 13.2 Å². The van der Waals surface area contributed by atoms with Gasteiger partial charge in [-0.2, -0.15) is 0 Å². The minimum atomic E-state index is -0.176. The van der Waals surface area contributed by atoms with Crippen LogP contribution in [-0.2, 0) is 47.8 Å². The summed E-state index contributed by atoms with van der Waals surface area (Å²) in [5.74, 6) is -0.214. The van der Waals surface area contributed by atoms with Crippen LogP contribution in [0.2, 0.25) is 0 Å². The van der Waals surface area contributed by atoms with Gasteiger partial charge < -0.3 is 52.0 Å². The monoisotopic (exact) mass is 1350 g/mol. The third kappa shape index (κ3) is 22.3. The maximum Gasteiger partial charge on any atom is 0.250 e. The lowest BCUT2D eigenvalue weighted by Crippen LogP contribution is -2.25. The van der Waals surface area contributed by atoms with E-state index in [2.05, 4.69) is 76.3 Å². The number of carbonyl (C=O) groups excluding carboxylic acids is 9. The van der Waals surface area contributed by atoms with Gasteiger partial charge in [-0.3, -0.25) is 43.2 Å². The fourth-order valence-electron chi connectivity index (χ4n) is 12.4. The maximum absolute atomic E-state index is 12.8. The van der Waals surface area contributed by atoms with Gasteiger partial charge in [-0.1, -0.05) is 117 Å². The van der Waals surface area contributed by atoms with Gasteiger partial charge in [-0.15, -0.1) is 0 Å². The standard InChI is InChI=1S/C30H40N4O4.C26H32N2O3.C24H30N2O4/c1-4-16-31-27(35)8-6-10-29(37)33-21-12-14-23-24-15-13-22(19-26(24)20(3)25(23)18-21)34-30(38)11-7-9-28(36)32-17-5-2;1-4-6-10-23(29)21-9-7-8-19-17(3)22-16-18(11-12-20(22)26(19)21)28-25(31)14-13-24(30)27-15-5-2;1-4-10-29-14-23(27)25-17-6-8-19-20-9-7-18(26-24(28)15-30-11-5-2)13-22(20)16(3)21(19)12-17/h12-15,18-20H,4-11,16-17H2,1-3H3,(H,31,35)(H,32,36)(H,33,37)(H,34,38);7-9,11-12,16-17H,4-6,10,13-15H2,1-3H3,(H,27,30)(H,28,31);6-9,12-13,16H,4-5,10-11,14-15H2,1-3H3,(H,25,27)(H,26,28). The number of carbonyl (C=O) groups is 9. The van der Waals surface area contributed by atoms with Crippen LogP contribution in [0.1, 0.15) is 227 Å². The molecule has 6 aromatic carbocycles. The van der Waals surface area contributed by atoms with Crippen molar-refractivity contribution in [2.45, 2.75) is 183 Å². The lowest BCUT2D eigenvalue weighted by Gasteiger charge is -2.11. The molecule has 3 aliphatic carbocycles. The summed E-state index contributed by atoms with van der Waals surface area (Å²) in [7, 11) is 0. The summed E-state index contributed by atoms with van der Waals surface area (Å²) in [6, 6.07) is 35.7. The molecule has 0 saturated heterocycles. The largest absolute Gasteiger partial charge is 0.372 e. The molecular weight excluding hydrogens is 1250 g/mol. The van der Waals surface area contributed by atoms with E-state index in [0.29, 0.717) is 77.8 Å². The average molecular weight is 1350 g/mol. The zero-order valence-electron chi connectivity index (χ0n) is 59.4. The first-order valence-electron chi connectivity index (χ1n) is 35.6. The Hall–Kier alpha value is -9.33. The van der Waals surface area contributed by atoms with Gasteiger partial charge in [0.25, 0.3) is 0 Å². The lowest BCUT2D eigenvalue weighted by atomic mass is 9.94. The Balaban J connectivity index is 0.000000211. The summed E-state index contributed by atoms with van der Waals surface area (Å²) < 4.78 is 10.6. The Kier molecular flexibility index (Phi) is 30.6. The zero-order valence-corrected chi connectivity index (χ0v) is 59.4. The second kappa shape index (κ2) is 39.3. The van der Waals surface area contributed by atoms with Crippen LogP contribution in [0.4, 0.5) is 28.4 Å². The molecular formula is C80H102N8O11. The van der Waals surface area contributed by atoms with Crippen LogP contribution in [0.5, 0.6) is 0 Å². The Labute approximate surface area is 584 Å². The van der Waals surface area contributed by atoms with Gasteiger partial charge in [-0.05, 0) is 179 Å². The van der Waals surface area contributed by atoms with Crippen LogP contribution >= 0.6 is 0 Å². The quantitative estimate of drug-likeness (QED) is 0.0139. The Morgan fingerprint density at radius 3 is 1.02 bits per heavy atom. The second-order valence-electron chi connectivity index (χ2n) is 25.6. The first-order valence-corrected chi connectivity index (χ1v) is 35.6. The summed E-state index contributed by atoms with van der Waals surface area (Å²) in [4.78, 5) is 109. The molecule has 3 aliphatic rings. The maximum atomic E-state index is 12.8. The van der Waals surface area contributed by atoms with E-state index in [1.807, 2.05) is 138 Å². The second-order valence-corrected chi connectivity index (χ2v) is 25.6. The van der Waals surface area contributed by atoms with Crippen molar-refractivity contribution < 1.29 is 52.6 Å². The van der Waals surface area contributed by atoms with Crippen LogP contribution < -0.4 is 42.5 Å². The molecule has 6 aromatic rings. The predicted molar refractivity (Wildman–Crippen MR) is 394 cm³/mol. The number of fused-ring (bicyclic) bond motifs is 9. The number of rotatable bonds is 34. The first-order chi connectivity index (χ1) is 47.8. The number of Topliss-reactive ketones (excluding diaryl/α,β-unsaturated/α-hetero) is 1. The predicted octanol–water partition coefficient (Wildman–Crippen LogP) is 15.1. The van der Waals surface area contributed by atoms with Gasteiger partial charge in [0.05, 0.1) is 0 Å². The lowest BCUT2D eigenvalue weighted by molar-refractivity contribution is -0.124. The minimum Gasteiger partial charge on any atom is -0.372 e. The number of hydrogen-bond donors (Lipinski definition) is 8. The molecule has 0 bridgehead atoms. The van der Waals surface area contributed by atoms with Crippen molar-refractivity contribution in [2.75, 3.05) is 72.6 Å². The van der Waals surface area contributed by atoms with Crippen LogP contribution in [0.3, 0.4) is 0 Å². The summed E-state index contributed by atoms with van der Waals surface area (Å²) in [6.45, 7) is 21.7. The van der Waals surface area contributed by atoms with Gasteiger partial charge in [0.15, 0.2) is 5.78 Å². The van der Waals surface area contributed by atoms with Crippen molar-refractivity contribution in [2.24, 2.45) is 0 Å². The van der Waals surface area contributed by atoms with Crippen LogP contribution in [0, 0.1) is 0 Å². The van der Waals surface area contributed by atoms with E-state index in [1.165, 1.54) is 0 Å². The molecule has 8 amide bonds. The molecule has 9 rings (SSSR count). The number of anilines is 5. The third-order valence-electron chi connectivity index (χ3n) is 17.6. The van der Waals surface area contributed by atoms with E-state index >= 15 is 0 Å². The van der Waals surface area contributed by atoms with Crippen molar-refractivity contribution in [3.63, 3.8) is 0 Å². The number of nitrogens with one attached hydrogen (secondary N) is 8. The molecule has 0 heterocycles. The SMILES string of the molecule is CCCCC(=O)c1cccc2c1-c1ccc(NC(=O)CCC(=O)NCCC)cc1C2C.CCCNC(=O)CCCC(=O)Nc1ccc2c(c1)C(C)c1cc(NC(=O)CCCC(=O)NCCC)ccc1-2.CCCOCC(=O)Nc1ccc2c(c1)C(C)c1cc(NC(=O)COCCC)ccc1-2. The number of benzene rings is 6. The van der Waals surface area contributed by atoms with Gasteiger partial charge in [-0.25, -0.2) is 0 Å². The topological polar surface area (TPSA) is 268 Å². The molecule has 99 heavy (non-hydrogen) atoms. The smallest absolute Gasteiger partial charge is 0.250 e. The fourth-order valence-corrected chi connectivity index (χ4v) is 12.4. The van der Waals surface area contributed by atoms with Gasteiger partial charge in [0.2, 0.25) is 47.3 Å². The van der Waals surface area contributed by atoms with Gasteiger partial charge in [0, 0.05) is 130 Å². The molecule has 19 nitrogen and oxygen atoms in total. The normalized spacial score (nSPS) is 12.7. The van der Waals surface area contributed by atoms with Crippen molar-refractivity contribution in [3.8, 4) is 33.4 Å². The highest BCUT2D eigenvalue weighted by Gasteiger charge is 2.31. The Bertz CT molecular complexity index is 3660. The Morgan fingerprint density at radius 1 is 0.323 bits per heavy atom. The van der Waals surface area contributed by atoms with Crippen LogP contribution in [0.25, 0.3) is 33.4 Å². The fraction of sp³-hybridized carbons (Fsp3) is 0.438. The molecule has 0 aromatic heterocycles. The molecule has 528 valence electrons. The molecule has 8 N–H and O–H groups in total. The molecule has 0 saturated carbocycles. The highest BCUT2D eigenvalue weighted by molar-refractivity contribution is 6.05. The molecule has 1 unspecified atom stereocenters. The summed E-state index contributed by atoms with van der Waals surface area (Å²) in [6.07, 6.45) is 9.51. The molecule has 19 heteroatoms. The summed E-state index contributed by atoms with van der Waals surface area (Å²) in [5, 5.41) is 23.1. The zero-order chi connectivity index (χ0) is 71.4. The molecule has 1 atom stereocenters. The van der Waals surface area contributed by atoms with E-state index in [9.17, 15) is 43.2 Å². The van der Waals surface area contributed by atoms with Crippen molar-refractivity contribution >= 4 is 81.5 Å². The molecule has 0 aliphatic heterocycles. The highest BCUT2D eigenvalue weighted by Crippen LogP contribution is 2.49. The van der Waals surface area contributed by atoms with Crippen molar-refractivity contribution in [1.82, 2.24) is 16.0 Å². The molecule has 0 fully saturated rings. The molecule has 0 spiro atoms. The average Bonchev–Trinajstić information content (AvgIpc) is 1.62. The van der Waals surface area contributed by atoms with E-state index in [0.717, 1.165) is 146 Å². The number of ketones is 1. The van der Waals surface area contributed by atoms with Gasteiger partial charge >= 0.3 is 0 Å². The van der Waals surface area contributed by atoms with Crippen LogP contribution in [0.15, 0.2) is 109 Å². The number of amides is 8.